The number of aromatic nitrogens is 1. The summed E-state index contributed by atoms with van der Waals surface area (Å²) in [5.74, 6) is 0. The number of carbonyl (C=O) groups excluding carboxylic acids is 1. The molecule has 0 aliphatic rings. The zero-order valence-corrected chi connectivity index (χ0v) is 16.0. The molecule has 0 fully saturated rings. The van der Waals surface area contributed by atoms with E-state index >= 15 is 0 Å². The van der Waals surface area contributed by atoms with Gasteiger partial charge in [-0.25, -0.2) is 0 Å². The molecule has 0 unspecified atom stereocenters. The second-order valence-electron chi connectivity index (χ2n) is 5.67. The molecule has 0 amide bonds. The van der Waals surface area contributed by atoms with Gasteiger partial charge in [0.15, 0.2) is 6.29 Å². The monoisotopic (exact) mass is 397 g/mol. The third kappa shape index (κ3) is 3.17. The lowest BCUT2D eigenvalue weighted by atomic mass is 10.1. The van der Waals surface area contributed by atoms with Gasteiger partial charge in [0.2, 0.25) is 0 Å². The van der Waals surface area contributed by atoms with Gasteiger partial charge >= 0.3 is 0 Å². The van der Waals surface area contributed by atoms with Crippen molar-refractivity contribution < 1.29 is 4.79 Å². The molecule has 0 atom stereocenters. The summed E-state index contributed by atoms with van der Waals surface area (Å²) in [7, 11) is 0. The highest BCUT2D eigenvalue weighted by atomic mass is 79.9. The van der Waals surface area contributed by atoms with E-state index in [4.69, 9.17) is 0 Å². The summed E-state index contributed by atoms with van der Waals surface area (Å²) in [6, 6.07) is 4.26. The summed E-state index contributed by atoms with van der Waals surface area (Å²) in [5.41, 5.74) is 2.54. The van der Waals surface area contributed by atoms with Crippen LogP contribution >= 0.6 is 38.6 Å². The van der Waals surface area contributed by atoms with Crippen molar-refractivity contribution in [1.82, 2.24) is 4.57 Å². The van der Waals surface area contributed by atoms with Gasteiger partial charge in [-0.3, -0.25) is 4.79 Å². The number of aryl methyl sites for hydroxylation is 1. The zero-order valence-electron chi connectivity index (χ0n) is 12.7. The molecule has 0 radical (unpaired) electrons. The van der Waals surface area contributed by atoms with Gasteiger partial charge in [-0.1, -0.05) is 39.0 Å². The first-order chi connectivity index (χ1) is 10.7. The molecule has 0 aliphatic heterocycles. The lowest BCUT2D eigenvalue weighted by molar-refractivity contribution is 0.112. The fraction of sp³-hybridized carbons (Fsp3) is 0.471. The van der Waals surface area contributed by atoms with E-state index in [-0.39, 0.29) is 0 Å². The minimum Gasteiger partial charge on any atom is -0.339 e. The molecule has 0 aliphatic carbocycles. The number of thiophene rings is 2. The summed E-state index contributed by atoms with van der Waals surface area (Å²) in [6.07, 6.45) is 8.80. The van der Waals surface area contributed by atoms with Crippen molar-refractivity contribution in [2.75, 3.05) is 0 Å². The van der Waals surface area contributed by atoms with E-state index in [1.54, 1.807) is 22.7 Å². The van der Waals surface area contributed by atoms with Crippen LogP contribution in [0.25, 0.3) is 20.4 Å². The van der Waals surface area contributed by atoms with Crippen molar-refractivity contribution >= 4 is 65.3 Å². The SMILES string of the molecule is CCCCCCCCn1c2cc(Br)sc2c2sc(C=O)cc21. The van der Waals surface area contributed by atoms with E-state index in [0.29, 0.717) is 0 Å². The van der Waals surface area contributed by atoms with Gasteiger partial charge in [-0.15, -0.1) is 22.7 Å². The number of aldehydes is 1. The van der Waals surface area contributed by atoms with Crippen molar-refractivity contribution in [2.24, 2.45) is 0 Å². The molecule has 3 heterocycles. The minimum atomic E-state index is 0.827. The quantitative estimate of drug-likeness (QED) is 0.300. The molecule has 0 N–H and O–H groups in total. The fourth-order valence-electron chi connectivity index (χ4n) is 2.96. The van der Waals surface area contributed by atoms with E-state index in [0.717, 1.165) is 21.5 Å². The Balaban J connectivity index is 1.82. The van der Waals surface area contributed by atoms with E-state index in [9.17, 15) is 4.79 Å². The Morgan fingerprint density at radius 1 is 1.05 bits per heavy atom. The predicted octanol–water partition coefficient (Wildman–Crippen LogP) is 6.85. The average Bonchev–Trinajstić information content (AvgIpc) is 3.15. The van der Waals surface area contributed by atoms with Crippen molar-refractivity contribution in [1.29, 1.82) is 0 Å². The first kappa shape index (κ1) is 16.2. The average molecular weight is 398 g/mol. The van der Waals surface area contributed by atoms with Crippen LogP contribution in [0.5, 0.6) is 0 Å². The smallest absolute Gasteiger partial charge is 0.160 e. The topological polar surface area (TPSA) is 22.0 Å². The van der Waals surface area contributed by atoms with Crippen LogP contribution in [0.4, 0.5) is 0 Å². The minimum absolute atomic E-state index is 0.827. The van der Waals surface area contributed by atoms with E-state index in [2.05, 4.69) is 33.5 Å². The number of hydrogen-bond donors (Lipinski definition) is 0. The number of fused-ring (bicyclic) bond motifs is 3. The van der Waals surface area contributed by atoms with E-state index in [1.807, 2.05) is 6.07 Å². The van der Waals surface area contributed by atoms with Crippen LogP contribution in [0.1, 0.15) is 55.1 Å². The third-order valence-electron chi connectivity index (χ3n) is 4.05. The Labute approximate surface area is 147 Å². The molecule has 118 valence electrons. The summed E-state index contributed by atoms with van der Waals surface area (Å²) in [4.78, 5) is 11.9. The van der Waals surface area contributed by atoms with Gasteiger partial charge in [0, 0.05) is 6.54 Å². The number of unbranched alkanes of at least 4 members (excludes halogenated alkanes) is 5. The second-order valence-corrected chi connectivity index (χ2v) is 9.18. The highest BCUT2D eigenvalue weighted by molar-refractivity contribution is 9.11. The summed E-state index contributed by atoms with van der Waals surface area (Å²) in [5, 5.41) is 0. The zero-order chi connectivity index (χ0) is 15.5. The van der Waals surface area contributed by atoms with Crippen LogP contribution in [0.3, 0.4) is 0 Å². The van der Waals surface area contributed by atoms with Crippen molar-refractivity contribution in [3.63, 3.8) is 0 Å². The Hall–Kier alpha value is -0.650. The largest absolute Gasteiger partial charge is 0.339 e. The Bertz CT molecular complexity index is 783. The lowest BCUT2D eigenvalue weighted by Crippen LogP contribution is -1.96. The molecule has 0 aromatic carbocycles. The van der Waals surface area contributed by atoms with Crippen LogP contribution in [-0.2, 0) is 6.54 Å². The molecule has 0 saturated carbocycles. The van der Waals surface area contributed by atoms with Crippen LogP contribution in [0, 0.1) is 0 Å². The molecule has 2 nitrogen and oxygen atoms in total. The number of rotatable bonds is 8. The maximum atomic E-state index is 11.1. The first-order valence-electron chi connectivity index (χ1n) is 7.91. The molecular formula is C17H20BrNOS2. The fourth-order valence-corrected chi connectivity index (χ4v) is 5.67. The predicted molar refractivity (Wildman–Crippen MR) is 102 cm³/mol. The molecule has 0 saturated heterocycles. The van der Waals surface area contributed by atoms with E-state index < -0.39 is 0 Å². The lowest BCUT2D eigenvalue weighted by Gasteiger charge is -2.05. The molecule has 3 aromatic rings. The normalized spacial score (nSPS) is 11.7. The molecule has 3 aromatic heterocycles. The maximum absolute atomic E-state index is 11.1. The number of nitrogens with zero attached hydrogens (tertiary/aromatic N) is 1. The van der Waals surface area contributed by atoms with Gasteiger partial charge < -0.3 is 4.57 Å². The number of carbonyl (C=O) groups is 1. The van der Waals surface area contributed by atoms with E-state index in [1.165, 1.54) is 59.0 Å². The van der Waals surface area contributed by atoms with Crippen molar-refractivity contribution in [2.45, 2.75) is 52.0 Å². The molecule has 22 heavy (non-hydrogen) atoms. The molecule has 5 heteroatoms. The van der Waals surface area contributed by atoms with Gasteiger partial charge in [-0.2, -0.15) is 0 Å². The van der Waals surface area contributed by atoms with Crippen LogP contribution in [-0.4, -0.2) is 10.9 Å². The summed E-state index contributed by atoms with van der Waals surface area (Å²) >= 11 is 6.98. The first-order valence-corrected chi connectivity index (χ1v) is 10.3. The number of hydrogen-bond acceptors (Lipinski definition) is 3. The van der Waals surface area contributed by atoms with Gasteiger partial charge in [0.1, 0.15) is 0 Å². The van der Waals surface area contributed by atoms with Crippen LogP contribution in [0.2, 0.25) is 0 Å². The Kier molecular flexibility index (Phi) is 5.37. The molecule has 0 bridgehead atoms. The second kappa shape index (κ2) is 7.28. The van der Waals surface area contributed by atoms with Crippen molar-refractivity contribution in [3.05, 3.63) is 20.8 Å². The molecule has 3 rings (SSSR count). The maximum Gasteiger partial charge on any atom is 0.160 e. The summed E-state index contributed by atoms with van der Waals surface area (Å²) < 4.78 is 6.14. The van der Waals surface area contributed by atoms with Gasteiger partial charge in [0.25, 0.3) is 0 Å². The standard InChI is InChI=1S/C17H20BrNOS2/c1-2-3-4-5-6-7-8-19-13-9-12(11-20)21-16(13)17-14(19)10-15(18)22-17/h9-11H,2-8H2,1H3. The third-order valence-corrected chi connectivity index (χ3v) is 6.89. The van der Waals surface area contributed by atoms with Crippen LogP contribution < -0.4 is 0 Å². The Morgan fingerprint density at radius 2 is 1.73 bits per heavy atom. The van der Waals surface area contributed by atoms with Crippen LogP contribution in [0.15, 0.2) is 15.9 Å². The van der Waals surface area contributed by atoms with Gasteiger partial charge in [-0.05, 0) is 34.5 Å². The molecule has 0 spiro atoms. The Morgan fingerprint density at radius 3 is 2.50 bits per heavy atom. The highest BCUT2D eigenvalue weighted by Crippen LogP contribution is 2.41. The molecular weight excluding hydrogens is 378 g/mol. The number of halogens is 1. The highest BCUT2D eigenvalue weighted by Gasteiger charge is 2.16. The van der Waals surface area contributed by atoms with Crippen molar-refractivity contribution in [3.8, 4) is 0 Å². The summed E-state index contributed by atoms with van der Waals surface area (Å²) in [6.45, 7) is 3.30. The van der Waals surface area contributed by atoms with Gasteiger partial charge in [0.05, 0.1) is 29.1 Å².